The van der Waals surface area contributed by atoms with Crippen molar-refractivity contribution in [2.45, 2.75) is 44.9 Å². The summed E-state index contributed by atoms with van der Waals surface area (Å²) < 4.78 is 0. The highest BCUT2D eigenvalue weighted by atomic mass is 32.1. The van der Waals surface area contributed by atoms with Crippen LogP contribution in [0.5, 0.6) is 0 Å². The fourth-order valence-corrected chi connectivity index (χ4v) is 3.03. The van der Waals surface area contributed by atoms with E-state index in [9.17, 15) is 0 Å². The molecule has 1 aromatic rings. The van der Waals surface area contributed by atoms with E-state index in [1.807, 2.05) is 11.3 Å². The van der Waals surface area contributed by atoms with Gasteiger partial charge in [0.2, 0.25) is 0 Å². The molecule has 1 aliphatic rings. The van der Waals surface area contributed by atoms with Gasteiger partial charge >= 0.3 is 0 Å². The highest BCUT2D eigenvalue weighted by Gasteiger charge is 2.22. The minimum absolute atomic E-state index is 0.188. The number of piperidine rings is 1. The number of thiazole rings is 1. The number of aromatic nitrogens is 1. The Balaban J connectivity index is 2.12. The van der Waals surface area contributed by atoms with Crippen LogP contribution in [0.1, 0.15) is 50.2 Å². The van der Waals surface area contributed by atoms with Gasteiger partial charge in [-0.15, -0.1) is 11.3 Å². The van der Waals surface area contributed by atoms with Gasteiger partial charge in [-0.2, -0.15) is 0 Å². The third-order valence-electron chi connectivity index (χ3n) is 2.91. The average molecular weight is 223 g/mol. The van der Waals surface area contributed by atoms with Crippen molar-refractivity contribution in [1.29, 1.82) is 0 Å². The molecule has 1 saturated heterocycles. The zero-order valence-corrected chi connectivity index (χ0v) is 10.6. The molecule has 2 nitrogen and oxygen atoms in total. The Morgan fingerprint density at radius 3 is 2.47 bits per heavy atom. The molecule has 1 aliphatic heterocycles. The van der Waals surface area contributed by atoms with Crippen molar-refractivity contribution >= 4 is 11.3 Å². The molecular weight excluding hydrogens is 204 g/mol. The summed E-state index contributed by atoms with van der Waals surface area (Å²) in [5.41, 5.74) is 1.43. The second kappa shape index (κ2) is 4.22. The van der Waals surface area contributed by atoms with Gasteiger partial charge in [-0.05, 0) is 12.8 Å². The lowest BCUT2D eigenvalue weighted by Gasteiger charge is -2.19. The molecule has 15 heavy (non-hydrogen) atoms. The summed E-state index contributed by atoms with van der Waals surface area (Å²) in [5, 5.41) is 7.94. The summed E-state index contributed by atoms with van der Waals surface area (Å²) in [6.45, 7) is 8.72. The molecular formula is C12H19N2S. The Morgan fingerprint density at radius 1 is 1.27 bits per heavy atom. The predicted octanol–water partition coefficient (Wildman–Crippen LogP) is 2.92. The Bertz CT molecular complexity index is 319. The summed E-state index contributed by atoms with van der Waals surface area (Å²) in [6, 6.07) is 0. The van der Waals surface area contributed by atoms with Crippen molar-refractivity contribution in [3.8, 4) is 0 Å². The first-order valence-corrected chi connectivity index (χ1v) is 6.54. The van der Waals surface area contributed by atoms with Gasteiger partial charge in [0.25, 0.3) is 0 Å². The third kappa shape index (κ3) is 2.58. The summed E-state index contributed by atoms with van der Waals surface area (Å²) in [5.74, 6) is 0.670. The highest BCUT2D eigenvalue weighted by Crippen LogP contribution is 2.31. The number of hydrogen-bond donors (Lipinski definition) is 0. The average Bonchev–Trinajstić information content (AvgIpc) is 2.67. The van der Waals surface area contributed by atoms with Crippen molar-refractivity contribution in [1.82, 2.24) is 10.3 Å². The molecule has 0 spiro atoms. The molecule has 3 heteroatoms. The largest absolute Gasteiger partial charge is 0.245 e. The first kappa shape index (κ1) is 11.1. The lowest BCUT2D eigenvalue weighted by atomic mass is 9.93. The number of rotatable bonds is 1. The van der Waals surface area contributed by atoms with Crippen LogP contribution in [-0.2, 0) is 5.41 Å². The molecule has 2 rings (SSSR count). The molecule has 0 aromatic carbocycles. The van der Waals surface area contributed by atoms with Crippen molar-refractivity contribution in [3.63, 3.8) is 0 Å². The third-order valence-corrected chi connectivity index (χ3v) is 3.92. The van der Waals surface area contributed by atoms with E-state index in [0.717, 1.165) is 13.1 Å². The highest BCUT2D eigenvalue weighted by molar-refractivity contribution is 7.09. The molecule has 0 unspecified atom stereocenters. The quantitative estimate of drug-likeness (QED) is 0.719. The zero-order valence-electron chi connectivity index (χ0n) is 9.79. The normalized spacial score (nSPS) is 19.4. The predicted molar refractivity (Wildman–Crippen MR) is 64.7 cm³/mol. The molecule has 1 radical (unpaired) electrons. The molecule has 0 bridgehead atoms. The summed E-state index contributed by atoms with van der Waals surface area (Å²) in [7, 11) is 0. The topological polar surface area (TPSA) is 27.0 Å². The Labute approximate surface area is 96.1 Å². The fraction of sp³-hybridized carbons (Fsp3) is 0.750. The van der Waals surface area contributed by atoms with E-state index in [-0.39, 0.29) is 5.41 Å². The van der Waals surface area contributed by atoms with Crippen LogP contribution in [0.2, 0.25) is 0 Å². The van der Waals surface area contributed by atoms with Crippen LogP contribution in [0.3, 0.4) is 0 Å². The molecule has 0 N–H and O–H groups in total. The maximum atomic E-state index is 4.78. The maximum Gasteiger partial charge on any atom is 0.0960 e. The molecule has 0 aliphatic carbocycles. The Kier molecular flexibility index (Phi) is 3.12. The monoisotopic (exact) mass is 223 g/mol. The maximum absolute atomic E-state index is 4.78. The lowest BCUT2D eigenvalue weighted by molar-refractivity contribution is 0.450. The van der Waals surface area contributed by atoms with Crippen molar-refractivity contribution in [2.24, 2.45) is 0 Å². The van der Waals surface area contributed by atoms with Gasteiger partial charge in [-0.3, -0.25) is 0 Å². The molecule has 0 saturated carbocycles. The van der Waals surface area contributed by atoms with Crippen LogP contribution in [0.25, 0.3) is 0 Å². The van der Waals surface area contributed by atoms with E-state index >= 15 is 0 Å². The van der Waals surface area contributed by atoms with Gasteiger partial charge in [-0.1, -0.05) is 20.8 Å². The molecule has 83 valence electrons. The van der Waals surface area contributed by atoms with E-state index in [0.29, 0.717) is 5.92 Å². The van der Waals surface area contributed by atoms with Crippen molar-refractivity contribution < 1.29 is 0 Å². The zero-order chi connectivity index (χ0) is 10.9. The van der Waals surface area contributed by atoms with Crippen LogP contribution >= 0.6 is 11.3 Å². The van der Waals surface area contributed by atoms with E-state index < -0.39 is 0 Å². The molecule has 1 fully saturated rings. The van der Waals surface area contributed by atoms with Crippen LogP contribution in [-0.4, -0.2) is 18.1 Å². The van der Waals surface area contributed by atoms with Crippen LogP contribution in [0, 0.1) is 0 Å². The fourth-order valence-electron chi connectivity index (χ4n) is 1.82. The minimum atomic E-state index is 0.188. The molecule has 2 heterocycles. The summed E-state index contributed by atoms with van der Waals surface area (Å²) >= 11 is 1.83. The van der Waals surface area contributed by atoms with Crippen LogP contribution in [0.15, 0.2) is 5.38 Å². The second-order valence-electron chi connectivity index (χ2n) is 5.27. The number of hydrogen-bond acceptors (Lipinski definition) is 2. The SMILES string of the molecule is CC(C)(C)c1csc(C2CC[N]CC2)n1. The van der Waals surface area contributed by atoms with Crippen molar-refractivity contribution in [2.75, 3.05) is 13.1 Å². The van der Waals surface area contributed by atoms with Crippen molar-refractivity contribution in [3.05, 3.63) is 16.1 Å². The molecule has 1 aromatic heterocycles. The summed E-state index contributed by atoms with van der Waals surface area (Å²) in [6.07, 6.45) is 2.38. The van der Waals surface area contributed by atoms with Gasteiger partial charge in [0.05, 0.1) is 10.7 Å². The van der Waals surface area contributed by atoms with Crippen LogP contribution < -0.4 is 5.32 Å². The standard InChI is InChI=1S/C12H19N2S/c1-12(2,3)10-8-15-11(14-10)9-4-6-13-7-5-9/h8-9H,4-7H2,1-3H3. The lowest BCUT2D eigenvalue weighted by Crippen LogP contribution is -2.21. The molecule has 0 amide bonds. The Hall–Kier alpha value is -0.410. The second-order valence-corrected chi connectivity index (χ2v) is 6.16. The minimum Gasteiger partial charge on any atom is -0.245 e. The van der Waals surface area contributed by atoms with Gasteiger partial charge in [0.1, 0.15) is 0 Å². The first-order chi connectivity index (χ1) is 7.07. The van der Waals surface area contributed by atoms with Gasteiger partial charge in [0, 0.05) is 29.8 Å². The van der Waals surface area contributed by atoms with Gasteiger partial charge in [0.15, 0.2) is 0 Å². The Morgan fingerprint density at radius 2 is 1.93 bits per heavy atom. The van der Waals surface area contributed by atoms with Gasteiger partial charge in [-0.25, -0.2) is 10.3 Å². The molecule has 0 atom stereocenters. The smallest absolute Gasteiger partial charge is 0.0960 e. The van der Waals surface area contributed by atoms with E-state index in [4.69, 9.17) is 4.98 Å². The van der Waals surface area contributed by atoms with Gasteiger partial charge < -0.3 is 0 Å². The summed E-state index contributed by atoms with van der Waals surface area (Å²) in [4.78, 5) is 4.78. The number of nitrogens with zero attached hydrogens (tertiary/aromatic N) is 2. The van der Waals surface area contributed by atoms with Crippen LogP contribution in [0.4, 0.5) is 0 Å². The van der Waals surface area contributed by atoms with E-state index in [1.54, 1.807) is 0 Å². The first-order valence-electron chi connectivity index (χ1n) is 5.66. The van der Waals surface area contributed by atoms with E-state index in [2.05, 4.69) is 31.5 Å². The van der Waals surface area contributed by atoms with E-state index in [1.165, 1.54) is 23.5 Å².